The zero-order valence-corrected chi connectivity index (χ0v) is 10.9. The molecule has 1 aliphatic heterocycles. The number of nitrogens with zero attached hydrogens (tertiary/aromatic N) is 3. The van der Waals surface area contributed by atoms with Crippen molar-refractivity contribution in [2.75, 3.05) is 6.61 Å². The van der Waals surface area contributed by atoms with Gasteiger partial charge in [-0.1, -0.05) is 5.11 Å². The molecule has 9 nitrogen and oxygen atoms in total. The molecule has 0 radical (unpaired) electrons. The zero-order chi connectivity index (χ0) is 15.4. The third-order valence-corrected chi connectivity index (χ3v) is 3.10. The van der Waals surface area contributed by atoms with Gasteiger partial charge in [-0.15, -0.1) is 0 Å². The number of ether oxygens (including phenoxy) is 2. The molecule has 0 spiro atoms. The second-order valence-corrected chi connectivity index (χ2v) is 4.50. The molecule has 4 N–H and O–H groups in total. The fraction of sp³-hybridized carbons (Fsp3) is 0.500. The van der Waals surface area contributed by atoms with E-state index in [9.17, 15) is 15.3 Å². The Morgan fingerprint density at radius 1 is 1.14 bits per heavy atom. The summed E-state index contributed by atoms with van der Waals surface area (Å²) in [5, 5.41) is 41.5. The van der Waals surface area contributed by atoms with Gasteiger partial charge < -0.3 is 29.9 Å². The molecule has 114 valence electrons. The van der Waals surface area contributed by atoms with Crippen molar-refractivity contribution in [2.45, 2.75) is 30.7 Å². The van der Waals surface area contributed by atoms with E-state index in [1.165, 1.54) is 24.3 Å². The van der Waals surface area contributed by atoms with Gasteiger partial charge >= 0.3 is 0 Å². The van der Waals surface area contributed by atoms with E-state index in [1.54, 1.807) is 0 Å². The monoisotopic (exact) mass is 297 g/mol. The van der Waals surface area contributed by atoms with Crippen LogP contribution in [0.25, 0.3) is 10.4 Å². The third-order valence-electron chi connectivity index (χ3n) is 3.10. The number of hydrogen-bond acceptors (Lipinski definition) is 7. The van der Waals surface area contributed by atoms with Crippen molar-refractivity contribution in [1.82, 2.24) is 0 Å². The van der Waals surface area contributed by atoms with Crippen LogP contribution in [0.2, 0.25) is 0 Å². The number of aliphatic hydroxyl groups excluding tert-OH is 4. The number of hydrogen-bond donors (Lipinski definition) is 4. The average Bonchev–Trinajstić information content (AvgIpc) is 2.50. The molecule has 0 saturated carbocycles. The van der Waals surface area contributed by atoms with E-state index in [0.29, 0.717) is 11.4 Å². The highest BCUT2D eigenvalue weighted by molar-refractivity contribution is 5.41. The number of aliphatic hydroxyl groups is 4. The van der Waals surface area contributed by atoms with E-state index in [1.807, 2.05) is 0 Å². The van der Waals surface area contributed by atoms with E-state index in [2.05, 4.69) is 10.0 Å². The average molecular weight is 297 g/mol. The van der Waals surface area contributed by atoms with Gasteiger partial charge in [0, 0.05) is 10.6 Å². The minimum atomic E-state index is -1.50. The molecule has 0 aromatic heterocycles. The molecular formula is C12H15N3O6. The van der Waals surface area contributed by atoms with Gasteiger partial charge in [-0.2, -0.15) is 0 Å². The van der Waals surface area contributed by atoms with E-state index in [0.717, 1.165) is 0 Å². The van der Waals surface area contributed by atoms with Gasteiger partial charge in [0.2, 0.25) is 6.29 Å². The first kappa shape index (κ1) is 15.5. The Morgan fingerprint density at radius 2 is 1.81 bits per heavy atom. The highest BCUT2D eigenvalue weighted by atomic mass is 16.7. The maximum atomic E-state index is 9.81. The van der Waals surface area contributed by atoms with E-state index >= 15 is 0 Å². The van der Waals surface area contributed by atoms with Gasteiger partial charge in [0.25, 0.3) is 0 Å². The van der Waals surface area contributed by atoms with Crippen LogP contribution in [0.1, 0.15) is 0 Å². The van der Waals surface area contributed by atoms with Crippen LogP contribution in [-0.4, -0.2) is 57.7 Å². The fourth-order valence-corrected chi connectivity index (χ4v) is 1.94. The van der Waals surface area contributed by atoms with Crippen molar-refractivity contribution in [1.29, 1.82) is 0 Å². The molecule has 0 bridgehead atoms. The molecule has 1 fully saturated rings. The van der Waals surface area contributed by atoms with Crippen molar-refractivity contribution >= 4 is 5.69 Å². The summed E-state index contributed by atoms with van der Waals surface area (Å²) in [4.78, 5) is 2.63. The molecule has 1 aromatic rings. The highest BCUT2D eigenvalue weighted by Gasteiger charge is 2.44. The van der Waals surface area contributed by atoms with Gasteiger partial charge in [-0.25, -0.2) is 0 Å². The Morgan fingerprint density at radius 3 is 2.38 bits per heavy atom. The van der Waals surface area contributed by atoms with Gasteiger partial charge in [-0.3, -0.25) is 0 Å². The quantitative estimate of drug-likeness (QED) is 0.344. The fourth-order valence-electron chi connectivity index (χ4n) is 1.94. The number of benzene rings is 1. The predicted molar refractivity (Wildman–Crippen MR) is 69.6 cm³/mol. The van der Waals surface area contributed by atoms with Crippen LogP contribution in [0, 0.1) is 0 Å². The van der Waals surface area contributed by atoms with E-state index < -0.39 is 37.3 Å². The Labute approximate surface area is 119 Å². The zero-order valence-electron chi connectivity index (χ0n) is 10.9. The molecule has 0 amide bonds. The maximum Gasteiger partial charge on any atom is 0.229 e. The van der Waals surface area contributed by atoms with Crippen LogP contribution in [0.3, 0.4) is 0 Å². The summed E-state index contributed by atoms with van der Waals surface area (Å²) in [5.41, 5.74) is 8.68. The Hall–Kier alpha value is -1.87. The van der Waals surface area contributed by atoms with Crippen LogP contribution in [0.4, 0.5) is 5.69 Å². The van der Waals surface area contributed by atoms with Crippen molar-refractivity contribution in [2.24, 2.45) is 5.11 Å². The van der Waals surface area contributed by atoms with E-state index in [-0.39, 0.29) is 0 Å². The van der Waals surface area contributed by atoms with E-state index in [4.69, 9.17) is 20.1 Å². The lowest BCUT2D eigenvalue weighted by Gasteiger charge is -2.39. The van der Waals surface area contributed by atoms with Crippen LogP contribution in [-0.2, 0) is 4.74 Å². The van der Waals surface area contributed by atoms with Gasteiger partial charge in [-0.05, 0) is 29.8 Å². The normalized spacial score (nSPS) is 32.3. The molecule has 1 saturated heterocycles. The molecule has 1 aliphatic rings. The largest absolute Gasteiger partial charge is 0.462 e. The second kappa shape index (κ2) is 6.72. The summed E-state index contributed by atoms with van der Waals surface area (Å²) in [6.45, 7) is -0.527. The molecule has 9 heteroatoms. The molecule has 2 rings (SSSR count). The van der Waals surface area contributed by atoms with Crippen molar-refractivity contribution in [3.8, 4) is 5.75 Å². The topological polar surface area (TPSA) is 148 Å². The summed E-state index contributed by atoms with van der Waals surface area (Å²) < 4.78 is 10.6. The standard InChI is InChI=1S/C12H15N3O6/c13-15-14-6-1-3-7(4-2-6)20-12-11(19)10(18)9(17)8(5-16)21-12/h1-4,8-12,16-19H,5H2/t8-,9-,10+,11-,12+/m1/s1. The summed E-state index contributed by atoms with van der Waals surface area (Å²) in [6, 6.07) is 5.98. The SMILES string of the molecule is [N-]=[N+]=Nc1ccc(O[C@H]2O[C@H](CO)[C@@H](O)[C@H](O)[C@H]2O)cc1. The van der Waals surface area contributed by atoms with Gasteiger partial charge in [0.1, 0.15) is 30.2 Å². The lowest BCUT2D eigenvalue weighted by atomic mass is 9.99. The highest BCUT2D eigenvalue weighted by Crippen LogP contribution is 2.25. The summed E-state index contributed by atoms with van der Waals surface area (Å²) in [6.07, 6.45) is -6.68. The van der Waals surface area contributed by atoms with Crippen molar-refractivity contribution in [3.05, 3.63) is 34.7 Å². The molecular weight excluding hydrogens is 282 g/mol. The molecule has 21 heavy (non-hydrogen) atoms. The number of azide groups is 1. The third kappa shape index (κ3) is 3.42. The maximum absolute atomic E-state index is 9.81. The first-order valence-corrected chi connectivity index (χ1v) is 6.19. The summed E-state index contributed by atoms with van der Waals surface area (Å²) >= 11 is 0. The predicted octanol–water partition coefficient (Wildman–Crippen LogP) is -0.193. The summed E-state index contributed by atoms with van der Waals surface area (Å²) in [5.74, 6) is 0.302. The van der Waals surface area contributed by atoms with Crippen LogP contribution >= 0.6 is 0 Å². The Kier molecular flexibility index (Phi) is 4.97. The van der Waals surface area contributed by atoms with Crippen molar-refractivity contribution in [3.63, 3.8) is 0 Å². The molecule has 1 heterocycles. The lowest BCUT2D eigenvalue weighted by Crippen LogP contribution is -2.60. The second-order valence-electron chi connectivity index (χ2n) is 4.50. The minimum Gasteiger partial charge on any atom is -0.462 e. The lowest BCUT2D eigenvalue weighted by molar-refractivity contribution is -0.277. The van der Waals surface area contributed by atoms with Crippen LogP contribution in [0.15, 0.2) is 29.4 Å². The molecule has 0 aliphatic carbocycles. The Bertz CT molecular complexity index is 516. The van der Waals surface area contributed by atoms with Gasteiger partial charge in [0.15, 0.2) is 0 Å². The van der Waals surface area contributed by atoms with Crippen LogP contribution < -0.4 is 4.74 Å². The van der Waals surface area contributed by atoms with Crippen molar-refractivity contribution < 1.29 is 29.9 Å². The van der Waals surface area contributed by atoms with Gasteiger partial charge in [0.05, 0.1) is 6.61 Å². The smallest absolute Gasteiger partial charge is 0.229 e. The van der Waals surface area contributed by atoms with Crippen LogP contribution in [0.5, 0.6) is 5.75 Å². The minimum absolute atomic E-state index is 0.302. The molecule has 0 unspecified atom stereocenters. The molecule has 1 aromatic carbocycles. The first-order chi connectivity index (χ1) is 10.1. The summed E-state index contributed by atoms with van der Waals surface area (Å²) in [7, 11) is 0. The Balaban J connectivity index is 2.08. The first-order valence-electron chi connectivity index (χ1n) is 6.19. The molecule has 5 atom stereocenters. The number of rotatable bonds is 4.